The van der Waals surface area contributed by atoms with Crippen LogP contribution in [0, 0.1) is 35.3 Å². The Labute approximate surface area is 114 Å². The van der Waals surface area contributed by atoms with Crippen LogP contribution in [0.3, 0.4) is 0 Å². The van der Waals surface area contributed by atoms with Gasteiger partial charge in [0.15, 0.2) is 0 Å². The third kappa shape index (κ3) is 3.52. The molecule has 1 aromatic carbocycles. The Morgan fingerprint density at radius 2 is 1.95 bits per heavy atom. The molecular weight excluding hydrogens is 264 g/mol. The van der Waals surface area contributed by atoms with E-state index in [0.717, 1.165) is 0 Å². The number of carbonyl (C=O) groups excluding carboxylic acids is 2. The Morgan fingerprint density at radius 3 is 2.50 bits per heavy atom. The van der Waals surface area contributed by atoms with Gasteiger partial charge < -0.3 is 10.6 Å². The second-order valence-corrected chi connectivity index (χ2v) is 4.01. The van der Waals surface area contributed by atoms with Crippen LogP contribution in [-0.2, 0) is 9.59 Å². The van der Waals surface area contributed by atoms with Crippen LogP contribution in [-0.4, -0.2) is 23.3 Å². The number of anilines is 1. The number of nitrogens with zero attached hydrogens (tertiary/aromatic N) is 2. The molecule has 0 aliphatic carbocycles. The van der Waals surface area contributed by atoms with Gasteiger partial charge in [0, 0.05) is 17.3 Å². The number of benzene rings is 1. The lowest BCUT2D eigenvalue weighted by molar-refractivity contribution is -0.385. The minimum atomic E-state index is -0.943. The van der Waals surface area contributed by atoms with Crippen molar-refractivity contribution >= 4 is 23.2 Å². The van der Waals surface area contributed by atoms with Gasteiger partial charge >= 0.3 is 11.8 Å². The normalized spacial score (nSPS) is 9.45. The van der Waals surface area contributed by atoms with E-state index in [-0.39, 0.29) is 12.2 Å². The summed E-state index contributed by atoms with van der Waals surface area (Å²) in [6.07, 6.45) is 0. The first-order valence-electron chi connectivity index (χ1n) is 5.58. The molecular formula is C12H12N4O4. The highest BCUT2D eigenvalue weighted by Crippen LogP contribution is 2.25. The van der Waals surface area contributed by atoms with E-state index >= 15 is 0 Å². The Kier molecular flexibility index (Phi) is 4.75. The molecule has 0 saturated carbocycles. The van der Waals surface area contributed by atoms with Gasteiger partial charge in [0.1, 0.15) is 6.54 Å². The average molecular weight is 276 g/mol. The number of carbonyl (C=O) groups is 2. The van der Waals surface area contributed by atoms with Crippen LogP contribution in [0.15, 0.2) is 12.1 Å². The minimum absolute atomic E-state index is 0.0607. The fraction of sp³-hybridized carbons (Fsp3) is 0.250. The van der Waals surface area contributed by atoms with Crippen LogP contribution < -0.4 is 10.6 Å². The van der Waals surface area contributed by atoms with Crippen LogP contribution in [0.4, 0.5) is 11.4 Å². The topological polar surface area (TPSA) is 125 Å². The van der Waals surface area contributed by atoms with Gasteiger partial charge in [-0.05, 0) is 25.5 Å². The van der Waals surface area contributed by atoms with E-state index in [0.29, 0.717) is 16.8 Å². The highest BCUT2D eigenvalue weighted by atomic mass is 16.6. The zero-order valence-electron chi connectivity index (χ0n) is 10.9. The van der Waals surface area contributed by atoms with E-state index in [9.17, 15) is 19.7 Å². The SMILES string of the molecule is Cc1cc([N+](=O)[O-])c(C)cc1NC(=O)C(=O)NCC#N. The number of amides is 2. The molecule has 0 spiro atoms. The Balaban J connectivity index is 2.91. The van der Waals surface area contributed by atoms with Crippen LogP contribution in [0.25, 0.3) is 0 Å². The molecule has 0 atom stereocenters. The smallest absolute Gasteiger partial charge is 0.313 e. The van der Waals surface area contributed by atoms with E-state index in [2.05, 4.69) is 10.6 Å². The summed E-state index contributed by atoms with van der Waals surface area (Å²) in [7, 11) is 0. The number of aryl methyl sites for hydroxylation is 2. The first kappa shape index (κ1) is 15.1. The molecule has 1 aromatic rings. The first-order valence-corrected chi connectivity index (χ1v) is 5.58. The number of nitro groups is 1. The van der Waals surface area contributed by atoms with E-state index < -0.39 is 16.7 Å². The van der Waals surface area contributed by atoms with Gasteiger partial charge in [-0.25, -0.2) is 0 Å². The molecule has 8 heteroatoms. The zero-order valence-corrected chi connectivity index (χ0v) is 10.9. The fourth-order valence-electron chi connectivity index (χ4n) is 1.51. The van der Waals surface area contributed by atoms with Crippen molar-refractivity contribution in [3.63, 3.8) is 0 Å². The summed E-state index contributed by atoms with van der Waals surface area (Å²) in [4.78, 5) is 33.1. The molecule has 1 rings (SSSR count). The van der Waals surface area contributed by atoms with E-state index in [1.807, 2.05) is 0 Å². The van der Waals surface area contributed by atoms with Crippen molar-refractivity contribution in [1.82, 2.24) is 5.32 Å². The lowest BCUT2D eigenvalue weighted by Gasteiger charge is -2.09. The Hall–Kier alpha value is -2.95. The van der Waals surface area contributed by atoms with Gasteiger partial charge in [-0.15, -0.1) is 0 Å². The molecule has 0 aliphatic rings. The van der Waals surface area contributed by atoms with Gasteiger partial charge in [-0.3, -0.25) is 19.7 Å². The summed E-state index contributed by atoms with van der Waals surface area (Å²) >= 11 is 0. The highest BCUT2D eigenvalue weighted by Gasteiger charge is 2.17. The second kappa shape index (κ2) is 6.29. The van der Waals surface area contributed by atoms with Crippen molar-refractivity contribution in [2.75, 3.05) is 11.9 Å². The van der Waals surface area contributed by atoms with Crippen molar-refractivity contribution in [3.8, 4) is 6.07 Å². The Bertz CT molecular complexity index is 619. The van der Waals surface area contributed by atoms with E-state index in [1.54, 1.807) is 13.0 Å². The van der Waals surface area contributed by atoms with Gasteiger partial charge in [-0.1, -0.05) is 0 Å². The van der Waals surface area contributed by atoms with Gasteiger partial charge in [-0.2, -0.15) is 5.26 Å². The number of nitrogens with one attached hydrogen (secondary N) is 2. The fourth-order valence-corrected chi connectivity index (χ4v) is 1.51. The standard InChI is InChI=1S/C12H12N4O4/c1-7-6-10(16(19)20)8(2)5-9(7)15-12(18)11(17)14-4-3-13/h5-6H,4H2,1-2H3,(H,14,17)(H,15,18). The molecule has 2 N–H and O–H groups in total. The van der Waals surface area contributed by atoms with Crippen molar-refractivity contribution in [3.05, 3.63) is 33.4 Å². The summed E-state index contributed by atoms with van der Waals surface area (Å²) in [5, 5.41) is 23.5. The molecule has 0 bridgehead atoms. The van der Waals surface area contributed by atoms with Crippen molar-refractivity contribution in [2.24, 2.45) is 0 Å². The molecule has 0 aliphatic heterocycles. The minimum Gasteiger partial charge on any atom is -0.335 e. The highest BCUT2D eigenvalue weighted by molar-refractivity contribution is 6.39. The first-order chi connectivity index (χ1) is 9.36. The number of hydrogen-bond acceptors (Lipinski definition) is 5. The monoisotopic (exact) mass is 276 g/mol. The largest absolute Gasteiger partial charge is 0.335 e. The summed E-state index contributed by atoms with van der Waals surface area (Å²) in [5.74, 6) is -1.88. The lowest BCUT2D eigenvalue weighted by Crippen LogP contribution is -2.35. The lowest BCUT2D eigenvalue weighted by atomic mass is 10.1. The number of nitriles is 1. The quantitative estimate of drug-likeness (QED) is 0.365. The predicted octanol–water partition coefficient (Wildman–Crippen LogP) is 0.790. The van der Waals surface area contributed by atoms with Crippen molar-refractivity contribution < 1.29 is 14.5 Å². The summed E-state index contributed by atoms with van der Waals surface area (Å²) in [5.41, 5.74) is 1.08. The molecule has 0 aromatic heterocycles. The molecule has 0 fully saturated rings. The summed E-state index contributed by atoms with van der Waals surface area (Å²) < 4.78 is 0. The zero-order chi connectivity index (χ0) is 15.3. The maximum Gasteiger partial charge on any atom is 0.313 e. The maximum absolute atomic E-state index is 11.5. The summed E-state index contributed by atoms with van der Waals surface area (Å²) in [6.45, 7) is 2.84. The van der Waals surface area contributed by atoms with Gasteiger partial charge in [0.2, 0.25) is 0 Å². The Morgan fingerprint density at radius 1 is 1.30 bits per heavy atom. The van der Waals surface area contributed by atoms with Gasteiger partial charge in [0.25, 0.3) is 5.69 Å². The molecule has 20 heavy (non-hydrogen) atoms. The molecule has 8 nitrogen and oxygen atoms in total. The number of rotatable bonds is 3. The predicted molar refractivity (Wildman–Crippen MR) is 69.8 cm³/mol. The molecule has 0 unspecified atom stereocenters. The van der Waals surface area contributed by atoms with E-state index in [1.165, 1.54) is 19.1 Å². The van der Waals surface area contributed by atoms with Crippen LogP contribution in [0.1, 0.15) is 11.1 Å². The maximum atomic E-state index is 11.5. The third-order valence-corrected chi connectivity index (χ3v) is 2.52. The third-order valence-electron chi connectivity index (χ3n) is 2.52. The average Bonchev–Trinajstić information content (AvgIpc) is 2.39. The van der Waals surface area contributed by atoms with Crippen LogP contribution in [0.5, 0.6) is 0 Å². The van der Waals surface area contributed by atoms with Gasteiger partial charge in [0.05, 0.1) is 11.0 Å². The van der Waals surface area contributed by atoms with Crippen molar-refractivity contribution in [1.29, 1.82) is 5.26 Å². The molecule has 0 saturated heterocycles. The van der Waals surface area contributed by atoms with Crippen LogP contribution >= 0.6 is 0 Å². The number of nitro benzene ring substituents is 1. The van der Waals surface area contributed by atoms with Crippen molar-refractivity contribution in [2.45, 2.75) is 13.8 Å². The van der Waals surface area contributed by atoms with Crippen LogP contribution in [0.2, 0.25) is 0 Å². The molecule has 104 valence electrons. The molecule has 2 amide bonds. The molecule has 0 radical (unpaired) electrons. The number of hydrogen-bond donors (Lipinski definition) is 2. The van der Waals surface area contributed by atoms with E-state index in [4.69, 9.17) is 5.26 Å². The second-order valence-electron chi connectivity index (χ2n) is 4.01. The summed E-state index contributed by atoms with van der Waals surface area (Å²) in [6, 6.07) is 4.41. The molecule has 0 heterocycles.